The number of nitrogens with zero attached hydrogens (tertiary/aromatic N) is 2. The largest absolute Gasteiger partial charge is 0.496 e. The zero-order valence-electron chi connectivity index (χ0n) is 16.7. The van der Waals surface area contributed by atoms with Gasteiger partial charge in [-0.25, -0.2) is 4.79 Å². The van der Waals surface area contributed by atoms with E-state index < -0.39 is 23.4 Å². The highest BCUT2D eigenvalue weighted by Gasteiger charge is 2.51. The maximum Gasteiger partial charge on any atom is 0.325 e. The molecule has 0 bridgehead atoms. The molecule has 2 N–H and O–H groups in total. The van der Waals surface area contributed by atoms with Crippen LogP contribution in [0.15, 0.2) is 42.6 Å². The van der Waals surface area contributed by atoms with Crippen LogP contribution in [0.5, 0.6) is 5.75 Å². The molecule has 1 saturated heterocycles. The summed E-state index contributed by atoms with van der Waals surface area (Å²) in [5.41, 5.74) is 1.00. The Morgan fingerprint density at radius 1 is 1.28 bits per heavy atom. The lowest BCUT2D eigenvalue weighted by atomic mass is 9.86. The molecule has 1 aromatic carbocycles. The van der Waals surface area contributed by atoms with Gasteiger partial charge in [-0.05, 0) is 48.7 Å². The number of nitrogens with one attached hydrogen (secondary N) is 2. The number of hydrogen-bond donors (Lipinski definition) is 2. The van der Waals surface area contributed by atoms with Gasteiger partial charge in [0, 0.05) is 6.20 Å². The number of pyridine rings is 1. The van der Waals surface area contributed by atoms with Gasteiger partial charge in [-0.3, -0.25) is 19.5 Å². The van der Waals surface area contributed by atoms with Gasteiger partial charge in [0.1, 0.15) is 17.8 Å². The molecule has 8 heteroatoms. The summed E-state index contributed by atoms with van der Waals surface area (Å²) in [5.74, 6) is -0.179. The standard InChI is InChI=1S/C21H24N4O4/c1-4-21(15-8-9-17(29-3)14(2)11-15)19(27)25(20(28)24-21)13-18(26)23-12-16-7-5-6-10-22-16/h5-11H,4,12-13H2,1-3H3,(H,23,26)(H,24,28). The second kappa shape index (κ2) is 8.30. The Morgan fingerprint density at radius 3 is 2.69 bits per heavy atom. The Bertz CT molecular complexity index is 932. The van der Waals surface area contributed by atoms with Crippen molar-refractivity contribution in [2.75, 3.05) is 13.7 Å². The molecule has 2 heterocycles. The molecule has 3 rings (SSSR count). The molecule has 8 nitrogen and oxygen atoms in total. The van der Waals surface area contributed by atoms with Crippen molar-refractivity contribution in [2.24, 2.45) is 0 Å². The van der Waals surface area contributed by atoms with Crippen LogP contribution in [-0.4, -0.2) is 41.4 Å². The van der Waals surface area contributed by atoms with E-state index in [1.807, 2.05) is 26.0 Å². The van der Waals surface area contributed by atoms with Gasteiger partial charge in [-0.1, -0.05) is 19.1 Å². The van der Waals surface area contributed by atoms with E-state index in [0.29, 0.717) is 23.4 Å². The highest BCUT2D eigenvalue weighted by Crippen LogP contribution is 2.34. The zero-order chi connectivity index (χ0) is 21.0. The molecule has 0 radical (unpaired) electrons. The van der Waals surface area contributed by atoms with Gasteiger partial charge in [-0.15, -0.1) is 0 Å². The van der Waals surface area contributed by atoms with E-state index in [1.54, 1.807) is 37.6 Å². The fourth-order valence-electron chi connectivity index (χ4n) is 3.44. The third kappa shape index (κ3) is 3.91. The summed E-state index contributed by atoms with van der Waals surface area (Å²) in [7, 11) is 1.57. The van der Waals surface area contributed by atoms with Crippen LogP contribution in [0, 0.1) is 6.92 Å². The number of aryl methyl sites for hydroxylation is 1. The highest BCUT2D eigenvalue weighted by molar-refractivity contribution is 6.09. The minimum absolute atomic E-state index is 0.222. The molecule has 1 aliphatic rings. The number of imide groups is 1. The fourth-order valence-corrected chi connectivity index (χ4v) is 3.44. The normalized spacial score (nSPS) is 18.5. The van der Waals surface area contributed by atoms with E-state index in [9.17, 15) is 14.4 Å². The van der Waals surface area contributed by atoms with Crippen LogP contribution in [0.25, 0.3) is 0 Å². The molecular formula is C21H24N4O4. The Balaban J connectivity index is 1.75. The summed E-state index contributed by atoms with van der Waals surface area (Å²) in [4.78, 5) is 43.1. The first-order valence-corrected chi connectivity index (χ1v) is 9.37. The quantitative estimate of drug-likeness (QED) is 0.696. The molecule has 1 aromatic heterocycles. The summed E-state index contributed by atoms with van der Waals surface area (Å²) < 4.78 is 5.27. The van der Waals surface area contributed by atoms with Gasteiger partial charge in [-0.2, -0.15) is 0 Å². The third-order valence-corrected chi connectivity index (χ3v) is 5.09. The lowest BCUT2D eigenvalue weighted by Crippen LogP contribution is -2.44. The maximum absolute atomic E-state index is 13.2. The van der Waals surface area contributed by atoms with E-state index in [0.717, 1.165) is 10.5 Å². The zero-order valence-corrected chi connectivity index (χ0v) is 16.7. The second-order valence-corrected chi connectivity index (χ2v) is 6.86. The number of hydrogen-bond acceptors (Lipinski definition) is 5. The van der Waals surface area contributed by atoms with Crippen molar-refractivity contribution in [3.05, 3.63) is 59.4 Å². The van der Waals surface area contributed by atoms with Crippen molar-refractivity contribution in [1.82, 2.24) is 20.5 Å². The van der Waals surface area contributed by atoms with Gasteiger partial charge < -0.3 is 15.4 Å². The minimum atomic E-state index is -1.20. The molecule has 4 amide bonds. The van der Waals surface area contributed by atoms with Gasteiger partial charge in [0.05, 0.1) is 19.3 Å². The number of ether oxygens (including phenoxy) is 1. The number of rotatable bonds is 7. The summed E-state index contributed by atoms with van der Waals surface area (Å²) in [6.07, 6.45) is 1.99. The smallest absolute Gasteiger partial charge is 0.325 e. The number of carbonyl (C=O) groups is 3. The molecule has 2 aromatic rings. The molecule has 0 aliphatic carbocycles. The van der Waals surface area contributed by atoms with Crippen LogP contribution in [0.2, 0.25) is 0 Å². The van der Waals surface area contributed by atoms with E-state index in [4.69, 9.17) is 4.74 Å². The van der Waals surface area contributed by atoms with Gasteiger partial charge in [0.25, 0.3) is 5.91 Å². The number of aromatic nitrogens is 1. The number of benzene rings is 1. The molecule has 0 saturated carbocycles. The van der Waals surface area contributed by atoms with Crippen molar-refractivity contribution in [3.8, 4) is 5.75 Å². The predicted octanol–water partition coefficient (Wildman–Crippen LogP) is 1.87. The average molecular weight is 396 g/mol. The lowest BCUT2D eigenvalue weighted by molar-refractivity contribution is -0.135. The first-order valence-electron chi connectivity index (χ1n) is 9.37. The van der Waals surface area contributed by atoms with Gasteiger partial charge in [0.15, 0.2) is 0 Å². The lowest BCUT2D eigenvalue weighted by Gasteiger charge is -2.26. The monoisotopic (exact) mass is 396 g/mol. The van der Waals surface area contributed by atoms with Gasteiger partial charge >= 0.3 is 6.03 Å². The fraction of sp³-hybridized carbons (Fsp3) is 0.333. The molecule has 0 spiro atoms. The Morgan fingerprint density at radius 2 is 2.07 bits per heavy atom. The van der Waals surface area contributed by atoms with Gasteiger partial charge in [0.2, 0.25) is 5.91 Å². The van der Waals surface area contributed by atoms with E-state index >= 15 is 0 Å². The van der Waals surface area contributed by atoms with Crippen molar-refractivity contribution < 1.29 is 19.1 Å². The second-order valence-electron chi connectivity index (χ2n) is 6.86. The van der Waals surface area contributed by atoms with Crippen LogP contribution in [0.4, 0.5) is 4.79 Å². The van der Waals surface area contributed by atoms with Crippen LogP contribution in [0.1, 0.15) is 30.2 Å². The van der Waals surface area contributed by atoms with Crippen molar-refractivity contribution in [1.29, 1.82) is 0 Å². The summed E-state index contributed by atoms with van der Waals surface area (Å²) in [5, 5.41) is 5.47. The van der Waals surface area contributed by atoms with Crippen molar-refractivity contribution in [3.63, 3.8) is 0 Å². The molecule has 1 atom stereocenters. The molecular weight excluding hydrogens is 372 g/mol. The van der Waals surface area contributed by atoms with Crippen LogP contribution in [-0.2, 0) is 21.7 Å². The number of amides is 4. The minimum Gasteiger partial charge on any atom is -0.496 e. The molecule has 152 valence electrons. The summed E-state index contributed by atoms with van der Waals surface area (Å²) in [6, 6.07) is 10.1. The Labute approximate surface area is 169 Å². The van der Waals surface area contributed by atoms with E-state index in [2.05, 4.69) is 15.6 Å². The Kier molecular flexibility index (Phi) is 5.81. The summed E-state index contributed by atoms with van der Waals surface area (Å²) in [6.45, 7) is 3.56. The van der Waals surface area contributed by atoms with E-state index in [1.165, 1.54) is 0 Å². The average Bonchev–Trinajstić information content (AvgIpc) is 2.98. The van der Waals surface area contributed by atoms with Crippen molar-refractivity contribution >= 4 is 17.8 Å². The molecule has 1 aliphatic heterocycles. The molecule has 29 heavy (non-hydrogen) atoms. The SMILES string of the molecule is CCC1(c2ccc(OC)c(C)c2)NC(=O)N(CC(=O)NCc2ccccn2)C1=O. The highest BCUT2D eigenvalue weighted by atomic mass is 16.5. The molecule has 1 unspecified atom stereocenters. The summed E-state index contributed by atoms with van der Waals surface area (Å²) >= 11 is 0. The maximum atomic E-state index is 13.2. The Hall–Kier alpha value is -3.42. The van der Waals surface area contributed by atoms with Crippen LogP contribution < -0.4 is 15.4 Å². The van der Waals surface area contributed by atoms with Crippen LogP contribution >= 0.6 is 0 Å². The number of carbonyl (C=O) groups excluding carboxylic acids is 3. The van der Waals surface area contributed by atoms with E-state index in [-0.39, 0.29) is 13.1 Å². The molecule has 1 fully saturated rings. The van der Waals surface area contributed by atoms with Crippen molar-refractivity contribution in [2.45, 2.75) is 32.4 Å². The first-order chi connectivity index (χ1) is 13.9. The first kappa shape index (κ1) is 20.3. The van der Waals surface area contributed by atoms with Crippen LogP contribution in [0.3, 0.4) is 0 Å². The third-order valence-electron chi connectivity index (χ3n) is 5.09. The topological polar surface area (TPSA) is 101 Å². The number of methoxy groups -OCH3 is 1. The predicted molar refractivity (Wildman–Crippen MR) is 106 cm³/mol. The number of urea groups is 1.